The molecule has 0 saturated carbocycles. The van der Waals surface area contributed by atoms with Crippen molar-refractivity contribution in [3.05, 3.63) is 31.1 Å². The SMILES string of the molecule is C=CCS(=O)(=O)O.CCC.c1cn[nH]c1. The van der Waals surface area contributed by atoms with Gasteiger partial charge in [-0.2, -0.15) is 13.5 Å². The van der Waals surface area contributed by atoms with Crippen LogP contribution in [0.5, 0.6) is 0 Å². The van der Waals surface area contributed by atoms with Gasteiger partial charge in [0.2, 0.25) is 0 Å². The van der Waals surface area contributed by atoms with E-state index in [0.717, 1.165) is 6.08 Å². The fourth-order valence-electron chi connectivity index (χ4n) is 0.364. The molecule has 0 aromatic carbocycles. The van der Waals surface area contributed by atoms with Gasteiger partial charge in [0.1, 0.15) is 0 Å². The molecule has 6 heteroatoms. The monoisotopic (exact) mass is 234 g/mol. The second kappa shape index (κ2) is 10.9. The maximum absolute atomic E-state index is 9.72. The first kappa shape index (κ1) is 16.3. The lowest BCUT2D eigenvalue weighted by molar-refractivity contribution is 0.487. The Balaban J connectivity index is 0. The standard InChI is InChI=1S/C3H4N2.C3H6O3S.C3H8/c1-2-4-5-3-1;1-2-3-7(4,5)6;1-3-2/h1-3H,(H,4,5);2H,1,3H2,(H,4,5,6);3H2,1-2H3. The van der Waals surface area contributed by atoms with Crippen LogP contribution in [-0.2, 0) is 10.1 Å². The molecule has 0 saturated heterocycles. The number of hydrogen-bond acceptors (Lipinski definition) is 3. The molecule has 0 amide bonds. The Labute approximate surface area is 91.0 Å². The molecule has 0 spiro atoms. The van der Waals surface area contributed by atoms with Crippen molar-refractivity contribution in [3.63, 3.8) is 0 Å². The summed E-state index contributed by atoms with van der Waals surface area (Å²) in [5, 5.41) is 6.21. The Morgan fingerprint density at radius 2 is 2.07 bits per heavy atom. The van der Waals surface area contributed by atoms with Crippen molar-refractivity contribution in [2.75, 3.05) is 5.75 Å². The summed E-state index contributed by atoms with van der Waals surface area (Å²) in [6.45, 7) is 7.36. The molecule has 0 atom stereocenters. The quantitative estimate of drug-likeness (QED) is 0.604. The minimum atomic E-state index is -3.79. The van der Waals surface area contributed by atoms with Crippen LogP contribution in [-0.4, -0.2) is 28.9 Å². The smallest absolute Gasteiger partial charge is 0.268 e. The molecule has 0 radical (unpaired) electrons. The number of nitrogens with one attached hydrogen (secondary N) is 1. The van der Waals surface area contributed by atoms with E-state index < -0.39 is 10.1 Å². The highest BCUT2D eigenvalue weighted by atomic mass is 32.2. The largest absolute Gasteiger partial charge is 0.286 e. The molecule has 5 nitrogen and oxygen atoms in total. The highest BCUT2D eigenvalue weighted by Crippen LogP contribution is 1.78. The molecule has 0 aliphatic carbocycles. The number of nitrogens with zero attached hydrogens (tertiary/aromatic N) is 1. The van der Waals surface area contributed by atoms with E-state index >= 15 is 0 Å². The first-order chi connectivity index (χ1) is 6.97. The van der Waals surface area contributed by atoms with Crippen LogP contribution in [0.2, 0.25) is 0 Å². The predicted octanol–water partition coefficient (Wildman–Crippen LogP) is 1.89. The topological polar surface area (TPSA) is 83.1 Å². The van der Waals surface area contributed by atoms with Gasteiger partial charge in [-0.3, -0.25) is 9.65 Å². The molecule has 0 unspecified atom stereocenters. The van der Waals surface area contributed by atoms with E-state index in [0.29, 0.717) is 0 Å². The van der Waals surface area contributed by atoms with Gasteiger partial charge in [-0.05, 0) is 6.07 Å². The van der Waals surface area contributed by atoms with Crippen molar-refractivity contribution in [1.82, 2.24) is 10.2 Å². The molecule has 0 fully saturated rings. The third-order valence-corrected chi connectivity index (χ3v) is 1.39. The maximum Gasteiger partial charge on any atom is 0.268 e. The Hall–Kier alpha value is -1.14. The summed E-state index contributed by atoms with van der Waals surface area (Å²) in [4.78, 5) is 0. The number of aromatic nitrogens is 2. The van der Waals surface area contributed by atoms with E-state index in [1.165, 1.54) is 6.42 Å². The third kappa shape index (κ3) is 24.6. The zero-order valence-corrected chi connectivity index (χ0v) is 9.87. The minimum absolute atomic E-state index is 0.368. The zero-order valence-electron chi connectivity index (χ0n) is 9.05. The molecule has 0 aliphatic heterocycles. The van der Waals surface area contributed by atoms with Gasteiger partial charge in [0.15, 0.2) is 0 Å². The van der Waals surface area contributed by atoms with Gasteiger partial charge in [-0.1, -0.05) is 26.3 Å². The third-order valence-electron chi connectivity index (χ3n) is 0.734. The van der Waals surface area contributed by atoms with Gasteiger partial charge in [0.05, 0.1) is 5.75 Å². The molecule has 15 heavy (non-hydrogen) atoms. The van der Waals surface area contributed by atoms with Crippen molar-refractivity contribution >= 4 is 10.1 Å². The lowest BCUT2D eigenvalue weighted by atomic mass is 10.6. The van der Waals surface area contributed by atoms with E-state index in [1.54, 1.807) is 12.4 Å². The van der Waals surface area contributed by atoms with E-state index in [2.05, 4.69) is 30.6 Å². The molecule has 1 heterocycles. The summed E-state index contributed by atoms with van der Waals surface area (Å²) < 4.78 is 27.3. The molecular weight excluding hydrogens is 216 g/mol. The van der Waals surface area contributed by atoms with Crippen molar-refractivity contribution in [2.45, 2.75) is 20.3 Å². The van der Waals surface area contributed by atoms with Gasteiger partial charge in [0.25, 0.3) is 10.1 Å². The van der Waals surface area contributed by atoms with Crippen LogP contribution in [0.15, 0.2) is 31.1 Å². The maximum atomic E-state index is 9.72. The van der Waals surface area contributed by atoms with Gasteiger partial charge in [0, 0.05) is 12.4 Å². The average Bonchev–Trinajstić information content (AvgIpc) is 2.59. The Morgan fingerprint density at radius 1 is 1.53 bits per heavy atom. The number of aromatic amines is 1. The molecular formula is C9H18N2O3S. The summed E-state index contributed by atoms with van der Waals surface area (Å²) in [6.07, 6.45) is 5.83. The Kier molecular flexibility index (Phi) is 11.9. The second-order valence-corrected chi connectivity index (χ2v) is 4.01. The Morgan fingerprint density at radius 3 is 2.13 bits per heavy atom. The lowest BCUT2D eigenvalue weighted by Gasteiger charge is -1.82. The van der Waals surface area contributed by atoms with Gasteiger partial charge in [-0.25, -0.2) is 0 Å². The molecule has 0 bridgehead atoms. The molecule has 2 N–H and O–H groups in total. The second-order valence-electron chi connectivity index (χ2n) is 2.51. The summed E-state index contributed by atoms with van der Waals surface area (Å²) >= 11 is 0. The van der Waals surface area contributed by atoms with Crippen molar-refractivity contribution < 1.29 is 13.0 Å². The highest BCUT2D eigenvalue weighted by Gasteiger charge is 1.95. The number of H-pyrrole nitrogens is 1. The number of hydrogen-bond donors (Lipinski definition) is 2. The van der Waals surface area contributed by atoms with Gasteiger partial charge < -0.3 is 0 Å². The average molecular weight is 234 g/mol. The lowest BCUT2D eigenvalue weighted by Crippen LogP contribution is -1.99. The first-order valence-electron chi connectivity index (χ1n) is 4.47. The minimum Gasteiger partial charge on any atom is -0.286 e. The van der Waals surface area contributed by atoms with Crippen LogP contribution < -0.4 is 0 Å². The number of rotatable bonds is 2. The van der Waals surface area contributed by atoms with Gasteiger partial charge in [-0.15, -0.1) is 6.58 Å². The van der Waals surface area contributed by atoms with Crippen LogP contribution in [0.25, 0.3) is 0 Å². The van der Waals surface area contributed by atoms with Crippen molar-refractivity contribution in [1.29, 1.82) is 0 Å². The molecule has 0 aliphatic rings. The van der Waals surface area contributed by atoms with Crippen LogP contribution >= 0.6 is 0 Å². The molecule has 88 valence electrons. The molecule has 1 rings (SSSR count). The summed E-state index contributed by atoms with van der Waals surface area (Å²) in [6, 6.07) is 1.83. The zero-order chi connectivity index (χ0) is 12.2. The van der Waals surface area contributed by atoms with Crippen LogP contribution in [0.3, 0.4) is 0 Å². The fraction of sp³-hybridized carbons (Fsp3) is 0.444. The van der Waals surface area contributed by atoms with Crippen molar-refractivity contribution in [3.8, 4) is 0 Å². The van der Waals surface area contributed by atoms with E-state index in [-0.39, 0.29) is 5.75 Å². The fourth-order valence-corrected chi connectivity index (χ4v) is 0.662. The van der Waals surface area contributed by atoms with E-state index in [9.17, 15) is 8.42 Å². The predicted molar refractivity (Wildman–Crippen MR) is 61.2 cm³/mol. The Bertz CT molecular complexity index is 289. The van der Waals surface area contributed by atoms with Crippen LogP contribution in [0, 0.1) is 0 Å². The van der Waals surface area contributed by atoms with E-state index in [4.69, 9.17) is 4.55 Å². The first-order valence-corrected chi connectivity index (χ1v) is 6.08. The van der Waals surface area contributed by atoms with E-state index in [1.807, 2.05) is 6.07 Å². The van der Waals surface area contributed by atoms with Crippen LogP contribution in [0.4, 0.5) is 0 Å². The van der Waals surface area contributed by atoms with Crippen molar-refractivity contribution in [2.24, 2.45) is 0 Å². The molecule has 1 aromatic rings. The summed E-state index contributed by atoms with van der Waals surface area (Å²) in [5.41, 5.74) is 0. The molecule has 1 aromatic heterocycles. The summed E-state index contributed by atoms with van der Waals surface area (Å²) in [5.74, 6) is -0.368. The van der Waals surface area contributed by atoms with Crippen LogP contribution in [0.1, 0.15) is 20.3 Å². The highest BCUT2D eigenvalue weighted by molar-refractivity contribution is 7.85. The normalized spacial score (nSPS) is 9.00. The van der Waals surface area contributed by atoms with Gasteiger partial charge >= 0.3 is 0 Å². The summed E-state index contributed by atoms with van der Waals surface area (Å²) in [7, 11) is -3.79.